The number of carbonyl (C=O) groups is 1. The van der Waals surface area contributed by atoms with Crippen LogP contribution in [0.2, 0.25) is 0 Å². The zero-order valence-corrected chi connectivity index (χ0v) is 11.9. The Balaban J connectivity index is 2.47. The van der Waals surface area contributed by atoms with Gasteiger partial charge in [0.1, 0.15) is 0 Å². The Morgan fingerprint density at radius 3 is 2.00 bits per heavy atom. The van der Waals surface area contributed by atoms with Crippen molar-refractivity contribution in [3.63, 3.8) is 0 Å². The van der Waals surface area contributed by atoms with E-state index in [0.29, 0.717) is 6.04 Å². The molecule has 1 aliphatic rings. The van der Waals surface area contributed by atoms with E-state index < -0.39 is 0 Å². The van der Waals surface area contributed by atoms with Crippen LogP contribution in [0.5, 0.6) is 0 Å². The number of rotatable bonds is 4. The van der Waals surface area contributed by atoms with Crippen molar-refractivity contribution in [2.75, 3.05) is 20.1 Å². The zero-order chi connectivity index (χ0) is 12.8. The SMILES string of the molecule is CCC1CCC(N(C)C(=O)N(CC)CC)CC1. The highest BCUT2D eigenvalue weighted by Crippen LogP contribution is 2.29. The fourth-order valence-electron chi connectivity index (χ4n) is 2.81. The second kappa shape index (κ2) is 6.87. The maximum atomic E-state index is 12.2. The zero-order valence-electron chi connectivity index (χ0n) is 11.9. The molecular weight excluding hydrogens is 212 g/mol. The van der Waals surface area contributed by atoms with Gasteiger partial charge in [0.15, 0.2) is 0 Å². The number of urea groups is 1. The first kappa shape index (κ1) is 14.3. The van der Waals surface area contributed by atoms with E-state index in [0.717, 1.165) is 19.0 Å². The van der Waals surface area contributed by atoms with Gasteiger partial charge in [-0.3, -0.25) is 0 Å². The van der Waals surface area contributed by atoms with Crippen LogP contribution in [0, 0.1) is 5.92 Å². The standard InChI is InChI=1S/C14H28N2O/c1-5-12-8-10-13(11-9-12)15(4)14(17)16(6-2)7-3/h12-13H,5-11H2,1-4H3. The summed E-state index contributed by atoms with van der Waals surface area (Å²) in [6, 6.07) is 0.667. The Labute approximate surface area is 106 Å². The second-order valence-corrected chi connectivity index (χ2v) is 5.15. The summed E-state index contributed by atoms with van der Waals surface area (Å²) in [5.41, 5.74) is 0. The molecule has 17 heavy (non-hydrogen) atoms. The molecule has 0 atom stereocenters. The van der Waals surface area contributed by atoms with E-state index in [2.05, 4.69) is 6.92 Å². The predicted molar refractivity (Wildman–Crippen MR) is 72.1 cm³/mol. The number of hydrogen-bond acceptors (Lipinski definition) is 1. The molecule has 0 saturated heterocycles. The first-order valence-electron chi connectivity index (χ1n) is 7.15. The minimum absolute atomic E-state index is 0.204. The van der Waals surface area contributed by atoms with E-state index in [1.54, 1.807) is 0 Å². The maximum Gasteiger partial charge on any atom is 0.319 e. The number of nitrogens with zero attached hydrogens (tertiary/aromatic N) is 2. The molecule has 1 saturated carbocycles. The van der Waals surface area contributed by atoms with Crippen molar-refractivity contribution in [3.05, 3.63) is 0 Å². The van der Waals surface area contributed by atoms with Gasteiger partial charge in [-0.05, 0) is 45.4 Å². The Morgan fingerprint density at radius 2 is 1.59 bits per heavy atom. The molecule has 0 radical (unpaired) electrons. The molecule has 0 aromatic heterocycles. The molecule has 100 valence electrons. The van der Waals surface area contributed by atoms with Crippen molar-refractivity contribution < 1.29 is 4.79 Å². The highest BCUT2D eigenvalue weighted by Gasteiger charge is 2.27. The van der Waals surface area contributed by atoms with Crippen LogP contribution in [-0.4, -0.2) is 42.0 Å². The molecule has 0 aliphatic heterocycles. The summed E-state index contributed by atoms with van der Waals surface area (Å²) in [4.78, 5) is 16.1. The van der Waals surface area contributed by atoms with Gasteiger partial charge in [0, 0.05) is 26.2 Å². The minimum atomic E-state index is 0.204. The van der Waals surface area contributed by atoms with Crippen LogP contribution in [0.15, 0.2) is 0 Å². The van der Waals surface area contributed by atoms with Gasteiger partial charge in [-0.15, -0.1) is 0 Å². The van der Waals surface area contributed by atoms with Crippen molar-refractivity contribution >= 4 is 6.03 Å². The van der Waals surface area contributed by atoms with Crippen LogP contribution in [-0.2, 0) is 0 Å². The van der Waals surface area contributed by atoms with E-state index in [9.17, 15) is 4.79 Å². The van der Waals surface area contributed by atoms with Crippen molar-refractivity contribution in [1.82, 2.24) is 9.80 Å². The van der Waals surface area contributed by atoms with Crippen LogP contribution in [0.4, 0.5) is 4.79 Å². The molecule has 3 heteroatoms. The maximum absolute atomic E-state index is 12.2. The van der Waals surface area contributed by atoms with Crippen LogP contribution < -0.4 is 0 Å². The molecule has 0 N–H and O–H groups in total. The van der Waals surface area contributed by atoms with E-state index in [1.165, 1.54) is 32.1 Å². The van der Waals surface area contributed by atoms with E-state index >= 15 is 0 Å². The summed E-state index contributed by atoms with van der Waals surface area (Å²) in [5, 5.41) is 0. The van der Waals surface area contributed by atoms with Gasteiger partial charge in [-0.1, -0.05) is 13.3 Å². The quantitative estimate of drug-likeness (QED) is 0.739. The average Bonchev–Trinajstić information content (AvgIpc) is 2.39. The van der Waals surface area contributed by atoms with Gasteiger partial charge < -0.3 is 9.80 Å². The fourth-order valence-corrected chi connectivity index (χ4v) is 2.81. The first-order chi connectivity index (χ1) is 8.13. The molecule has 3 nitrogen and oxygen atoms in total. The summed E-state index contributed by atoms with van der Waals surface area (Å²) < 4.78 is 0. The van der Waals surface area contributed by atoms with Crippen LogP contribution in [0.3, 0.4) is 0 Å². The van der Waals surface area contributed by atoms with Gasteiger partial charge in [-0.2, -0.15) is 0 Å². The molecule has 1 aliphatic carbocycles. The second-order valence-electron chi connectivity index (χ2n) is 5.15. The molecule has 0 bridgehead atoms. The van der Waals surface area contributed by atoms with Gasteiger partial charge in [0.05, 0.1) is 0 Å². The van der Waals surface area contributed by atoms with Gasteiger partial charge in [0.25, 0.3) is 0 Å². The van der Waals surface area contributed by atoms with Crippen LogP contribution in [0.1, 0.15) is 52.9 Å². The lowest BCUT2D eigenvalue weighted by atomic mass is 9.84. The summed E-state index contributed by atoms with van der Waals surface area (Å²) in [6.45, 7) is 7.98. The predicted octanol–water partition coefficient (Wildman–Crippen LogP) is 3.35. The Hall–Kier alpha value is -0.730. The molecule has 0 spiro atoms. The lowest BCUT2D eigenvalue weighted by molar-refractivity contribution is 0.129. The summed E-state index contributed by atoms with van der Waals surface area (Å²) >= 11 is 0. The summed E-state index contributed by atoms with van der Waals surface area (Å²) in [6.07, 6.45) is 6.23. The molecule has 0 unspecified atom stereocenters. The average molecular weight is 240 g/mol. The van der Waals surface area contributed by atoms with Gasteiger partial charge >= 0.3 is 6.03 Å². The summed E-state index contributed by atoms with van der Waals surface area (Å²) in [7, 11) is 1.97. The van der Waals surface area contributed by atoms with Crippen molar-refractivity contribution in [2.24, 2.45) is 5.92 Å². The van der Waals surface area contributed by atoms with Gasteiger partial charge in [0.2, 0.25) is 0 Å². The smallest absolute Gasteiger partial charge is 0.319 e. The molecule has 0 aromatic rings. The third-order valence-electron chi connectivity index (χ3n) is 4.28. The monoisotopic (exact) mass is 240 g/mol. The molecule has 1 fully saturated rings. The summed E-state index contributed by atoms with van der Waals surface area (Å²) in [5.74, 6) is 0.892. The lowest BCUT2D eigenvalue weighted by Crippen LogP contribution is -2.47. The molecule has 1 rings (SSSR count). The molecule has 0 aromatic carbocycles. The number of hydrogen-bond donors (Lipinski definition) is 0. The Morgan fingerprint density at radius 1 is 1.06 bits per heavy atom. The molecule has 2 amide bonds. The highest BCUT2D eigenvalue weighted by atomic mass is 16.2. The third-order valence-corrected chi connectivity index (χ3v) is 4.28. The van der Waals surface area contributed by atoms with E-state index in [-0.39, 0.29) is 6.03 Å². The van der Waals surface area contributed by atoms with Gasteiger partial charge in [-0.25, -0.2) is 4.79 Å². The highest BCUT2D eigenvalue weighted by molar-refractivity contribution is 5.74. The molecular formula is C14H28N2O. The molecule has 0 heterocycles. The van der Waals surface area contributed by atoms with Crippen LogP contribution >= 0.6 is 0 Å². The third kappa shape index (κ3) is 3.62. The van der Waals surface area contributed by atoms with E-state index in [1.807, 2.05) is 30.7 Å². The van der Waals surface area contributed by atoms with E-state index in [4.69, 9.17) is 0 Å². The minimum Gasteiger partial charge on any atom is -0.325 e. The van der Waals surface area contributed by atoms with Crippen LogP contribution in [0.25, 0.3) is 0 Å². The number of amides is 2. The normalized spacial score (nSPS) is 24.5. The van der Waals surface area contributed by atoms with Crippen molar-refractivity contribution in [1.29, 1.82) is 0 Å². The Bertz CT molecular complexity index is 230. The topological polar surface area (TPSA) is 23.6 Å². The van der Waals surface area contributed by atoms with Crippen molar-refractivity contribution in [3.8, 4) is 0 Å². The lowest BCUT2D eigenvalue weighted by Gasteiger charge is -2.36. The Kier molecular flexibility index (Phi) is 5.79. The van der Waals surface area contributed by atoms with Crippen molar-refractivity contribution in [2.45, 2.75) is 58.9 Å². The number of carbonyl (C=O) groups excluding carboxylic acids is 1. The largest absolute Gasteiger partial charge is 0.325 e. The first-order valence-corrected chi connectivity index (χ1v) is 7.15. The fraction of sp³-hybridized carbons (Fsp3) is 0.929.